The van der Waals surface area contributed by atoms with Crippen LogP contribution in [0.2, 0.25) is 10.0 Å². The normalized spacial score (nSPS) is 15.0. The summed E-state index contributed by atoms with van der Waals surface area (Å²) in [4.78, 5) is 6.64. The molecule has 0 radical (unpaired) electrons. The average Bonchev–Trinajstić information content (AvgIpc) is 2.78. The number of aliphatic imine (C=N–C) groups is 1. The predicted molar refractivity (Wildman–Crippen MR) is 72.9 cm³/mol. The van der Waals surface area contributed by atoms with Crippen LogP contribution >= 0.6 is 23.2 Å². The van der Waals surface area contributed by atoms with E-state index >= 15 is 0 Å². The Balaban J connectivity index is 1.96. The lowest BCUT2D eigenvalue weighted by Gasteiger charge is -2.18. The van der Waals surface area contributed by atoms with Crippen LogP contribution < -0.4 is 5.32 Å². The van der Waals surface area contributed by atoms with E-state index in [-0.39, 0.29) is 0 Å². The molecule has 5 heteroatoms. The Morgan fingerprint density at radius 1 is 1.35 bits per heavy atom. The molecule has 1 heterocycles. The van der Waals surface area contributed by atoms with Crippen molar-refractivity contribution < 1.29 is 0 Å². The van der Waals surface area contributed by atoms with Crippen molar-refractivity contribution in [1.82, 2.24) is 10.2 Å². The first kappa shape index (κ1) is 12.5. The van der Waals surface area contributed by atoms with Crippen molar-refractivity contribution in [2.45, 2.75) is 13.5 Å². The van der Waals surface area contributed by atoms with Crippen LogP contribution in [0.3, 0.4) is 0 Å². The standard InChI is InChI=1S/C12H15Cl2N3/c1-2-17-6-5-15-12(17)16-8-9-3-4-10(13)11(14)7-9/h3-4,7H,2,5-6,8H2,1H3,(H,15,16). The summed E-state index contributed by atoms with van der Waals surface area (Å²) in [5.41, 5.74) is 1.10. The highest BCUT2D eigenvalue weighted by Crippen LogP contribution is 2.22. The molecule has 3 nitrogen and oxygen atoms in total. The Hall–Kier alpha value is -0.930. The molecular formula is C12H15Cl2N3. The molecule has 1 aliphatic rings. The summed E-state index contributed by atoms with van der Waals surface area (Å²) in [5, 5.41) is 4.50. The molecule has 1 aromatic rings. The molecule has 0 bridgehead atoms. The van der Waals surface area contributed by atoms with Gasteiger partial charge in [0, 0.05) is 19.6 Å². The highest BCUT2D eigenvalue weighted by molar-refractivity contribution is 6.42. The molecule has 92 valence electrons. The van der Waals surface area contributed by atoms with E-state index in [2.05, 4.69) is 22.1 Å². The number of hydrogen-bond acceptors (Lipinski definition) is 3. The van der Waals surface area contributed by atoms with E-state index in [1.165, 1.54) is 0 Å². The molecule has 0 unspecified atom stereocenters. The summed E-state index contributed by atoms with van der Waals surface area (Å²) in [6, 6.07) is 5.66. The van der Waals surface area contributed by atoms with Crippen molar-refractivity contribution in [1.29, 1.82) is 0 Å². The Morgan fingerprint density at radius 3 is 2.88 bits per heavy atom. The summed E-state index contributed by atoms with van der Waals surface area (Å²) < 4.78 is 0. The highest BCUT2D eigenvalue weighted by Gasteiger charge is 2.14. The van der Waals surface area contributed by atoms with Crippen molar-refractivity contribution in [2.75, 3.05) is 19.6 Å². The third-order valence-corrected chi connectivity index (χ3v) is 3.49. The highest BCUT2D eigenvalue weighted by atomic mass is 35.5. The quantitative estimate of drug-likeness (QED) is 0.916. The van der Waals surface area contributed by atoms with Gasteiger partial charge in [-0.1, -0.05) is 29.3 Å². The molecule has 0 aliphatic carbocycles. The molecule has 0 aromatic heterocycles. The van der Waals surface area contributed by atoms with Gasteiger partial charge in [-0.3, -0.25) is 4.99 Å². The van der Waals surface area contributed by atoms with Gasteiger partial charge in [-0.25, -0.2) is 0 Å². The van der Waals surface area contributed by atoms with E-state index in [1.54, 1.807) is 0 Å². The second kappa shape index (κ2) is 5.61. The monoisotopic (exact) mass is 271 g/mol. The summed E-state index contributed by atoms with van der Waals surface area (Å²) in [6.45, 7) is 5.69. The third-order valence-electron chi connectivity index (χ3n) is 2.75. The van der Waals surface area contributed by atoms with Gasteiger partial charge in [0.25, 0.3) is 0 Å². The molecule has 0 saturated carbocycles. The van der Waals surface area contributed by atoms with Crippen molar-refractivity contribution in [3.05, 3.63) is 33.8 Å². The van der Waals surface area contributed by atoms with Crippen LogP contribution in [0.25, 0.3) is 0 Å². The first-order valence-corrected chi connectivity index (χ1v) is 6.43. The molecule has 1 aliphatic heterocycles. The molecule has 2 rings (SSSR count). The number of nitrogens with one attached hydrogen (secondary N) is 1. The van der Waals surface area contributed by atoms with Gasteiger partial charge in [-0.15, -0.1) is 0 Å². The summed E-state index contributed by atoms with van der Waals surface area (Å²) in [5.74, 6) is 0.971. The number of rotatable bonds is 3. The topological polar surface area (TPSA) is 27.6 Å². The Labute approximate surface area is 111 Å². The van der Waals surface area contributed by atoms with Gasteiger partial charge in [-0.2, -0.15) is 0 Å². The molecule has 0 fully saturated rings. The van der Waals surface area contributed by atoms with Gasteiger partial charge in [0.05, 0.1) is 16.6 Å². The lowest BCUT2D eigenvalue weighted by Crippen LogP contribution is -2.37. The maximum Gasteiger partial charge on any atom is 0.194 e. The van der Waals surface area contributed by atoms with Gasteiger partial charge in [0.2, 0.25) is 0 Å². The first-order chi connectivity index (χ1) is 8.20. The van der Waals surface area contributed by atoms with Gasteiger partial charge in [0.15, 0.2) is 5.96 Å². The zero-order valence-electron chi connectivity index (χ0n) is 9.71. The predicted octanol–water partition coefficient (Wildman–Crippen LogP) is 2.77. The Kier molecular flexibility index (Phi) is 4.13. The van der Waals surface area contributed by atoms with Crippen LogP contribution in [0.4, 0.5) is 0 Å². The summed E-state index contributed by atoms with van der Waals surface area (Å²) in [7, 11) is 0. The van der Waals surface area contributed by atoms with Crippen LogP contribution in [0.15, 0.2) is 23.2 Å². The number of benzene rings is 1. The van der Waals surface area contributed by atoms with Crippen molar-refractivity contribution in [2.24, 2.45) is 4.99 Å². The minimum atomic E-state index is 0.587. The lowest BCUT2D eigenvalue weighted by atomic mass is 10.2. The van der Waals surface area contributed by atoms with Crippen molar-refractivity contribution >= 4 is 29.2 Å². The van der Waals surface area contributed by atoms with E-state index in [1.807, 2.05) is 18.2 Å². The average molecular weight is 272 g/mol. The van der Waals surface area contributed by atoms with Crippen LogP contribution in [-0.4, -0.2) is 30.5 Å². The summed E-state index contributed by atoms with van der Waals surface area (Å²) in [6.07, 6.45) is 0. The minimum absolute atomic E-state index is 0.587. The van der Waals surface area contributed by atoms with Crippen molar-refractivity contribution in [3.8, 4) is 0 Å². The molecule has 17 heavy (non-hydrogen) atoms. The van der Waals surface area contributed by atoms with E-state index < -0.39 is 0 Å². The largest absolute Gasteiger partial charge is 0.352 e. The smallest absolute Gasteiger partial charge is 0.194 e. The first-order valence-electron chi connectivity index (χ1n) is 5.68. The fourth-order valence-electron chi connectivity index (χ4n) is 1.79. The Morgan fingerprint density at radius 2 is 2.18 bits per heavy atom. The lowest BCUT2D eigenvalue weighted by molar-refractivity contribution is 0.466. The van der Waals surface area contributed by atoms with E-state index in [4.69, 9.17) is 23.2 Å². The molecular weight excluding hydrogens is 257 g/mol. The number of nitrogens with zero attached hydrogens (tertiary/aromatic N) is 2. The zero-order valence-corrected chi connectivity index (χ0v) is 11.2. The number of halogens is 2. The number of guanidine groups is 1. The molecule has 0 atom stereocenters. The maximum atomic E-state index is 5.96. The van der Waals surface area contributed by atoms with Crippen LogP contribution in [-0.2, 0) is 6.54 Å². The fourth-order valence-corrected chi connectivity index (χ4v) is 2.11. The zero-order chi connectivity index (χ0) is 12.3. The van der Waals surface area contributed by atoms with E-state index in [0.717, 1.165) is 31.2 Å². The van der Waals surface area contributed by atoms with Gasteiger partial charge >= 0.3 is 0 Å². The molecule has 0 amide bonds. The SMILES string of the molecule is CCN1CCN=C1NCc1ccc(Cl)c(Cl)c1. The second-order valence-corrected chi connectivity index (χ2v) is 4.70. The molecule has 1 N–H and O–H groups in total. The maximum absolute atomic E-state index is 5.96. The van der Waals surface area contributed by atoms with Crippen molar-refractivity contribution in [3.63, 3.8) is 0 Å². The number of likely N-dealkylation sites (N-methyl/N-ethyl adjacent to an activating group) is 1. The van der Waals surface area contributed by atoms with Gasteiger partial charge in [-0.05, 0) is 24.6 Å². The van der Waals surface area contributed by atoms with Crippen LogP contribution in [0, 0.1) is 0 Å². The molecule has 0 spiro atoms. The fraction of sp³-hybridized carbons (Fsp3) is 0.417. The Bertz CT molecular complexity index is 432. The summed E-state index contributed by atoms with van der Waals surface area (Å²) >= 11 is 11.8. The van der Waals surface area contributed by atoms with Crippen LogP contribution in [0.1, 0.15) is 12.5 Å². The van der Waals surface area contributed by atoms with Gasteiger partial charge in [0.1, 0.15) is 0 Å². The minimum Gasteiger partial charge on any atom is -0.352 e. The molecule has 0 saturated heterocycles. The van der Waals surface area contributed by atoms with Gasteiger partial charge < -0.3 is 10.2 Å². The third kappa shape index (κ3) is 3.05. The van der Waals surface area contributed by atoms with E-state index in [9.17, 15) is 0 Å². The number of hydrogen-bond donors (Lipinski definition) is 1. The molecule has 1 aromatic carbocycles. The van der Waals surface area contributed by atoms with E-state index in [0.29, 0.717) is 16.6 Å². The second-order valence-electron chi connectivity index (χ2n) is 3.89. The van der Waals surface area contributed by atoms with Crippen LogP contribution in [0.5, 0.6) is 0 Å².